The van der Waals surface area contributed by atoms with Crippen molar-refractivity contribution in [3.63, 3.8) is 0 Å². The molecule has 0 spiro atoms. The zero-order valence-corrected chi connectivity index (χ0v) is 12.3. The Kier molecular flexibility index (Phi) is 4.36. The molecule has 2 rings (SSSR count). The molecule has 1 fully saturated rings. The number of rotatable bonds is 3. The summed E-state index contributed by atoms with van der Waals surface area (Å²) in [6, 6.07) is 2.67. The first-order valence-electron chi connectivity index (χ1n) is 6.18. The highest BCUT2D eigenvalue weighted by atomic mass is 32.2. The van der Waals surface area contributed by atoms with E-state index < -0.39 is 16.0 Å². The van der Waals surface area contributed by atoms with E-state index in [1.807, 2.05) is 7.05 Å². The maximum absolute atomic E-state index is 12.4. The minimum absolute atomic E-state index is 0.120. The predicted octanol–water partition coefficient (Wildman–Crippen LogP) is -0.196. The Morgan fingerprint density at radius 1 is 1.30 bits per heavy atom. The third-order valence-corrected chi connectivity index (χ3v) is 5.02. The molecule has 20 heavy (non-hydrogen) atoms. The van der Waals surface area contributed by atoms with Crippen LogP contribution in [0.2, 0.25) is 0 Å². The van der Waals surface area contributed by atoms with Crippen molar-refractivity contribution >= 4 is 16.0 Å². The maximum atomic E-state index is 12.4. The highest BCUT2D eigenvalue weighted by Gasteiger charge is 2.29. The average Bonchev–Trinajstić information content (AvgIpc) is 2.47. The Balaban J connectivity index is 2.28. The number of methoxy groups -OCH3 is 1. The molecule has 1 aliphatic rings. The van der Waals surface area contributed by atoms with Crippen LogP contribution in [-0.4, -0.2) is 68.9 Å². The average molecular weight is 299 g/mol. The van der Waals surface area contributed by atoms with Gasteiger partial charge in [-0.15, -0.1) is 0 Å². The number of aromatic nitrogens is 1. The van der Waals surface area contributed by atoms with Crippen molar-refractivity contribution in [1.82, 2.24) is 14.2 Å². The Bertz CT molecular complexity index is 594. The third kappa shape index (κ3) is 2.97. The molecule has 0 aliphatic carbocycles. The predicted molar refractivity (Wildman–Crippen MR) is 71.8 cm³/mol. The van der Waals surface area contributed by atoms with Crippen LogP contribution in [0.1, 0.15) is 10.4 Å². The van der Waals surface area contributed by atoms with Crippen LogP contribution in [0.5, 0.6) is 0 Å². The molecule has 1 aromatic heterocycles. The van der Waals surface area contributed by atoms with Crippen LogP contribution in [0.25, 0.3) is 0 Å². The molecule has 0 saturated carbocycles. The minimum atomic E-state index is -3.66. The fraction of sp³-hybridized carbons (Fsp3) is 0.500. The second-order valence-corrected chi connectivity index (χ2v) is 6.47. The highest BCUT2D eigenvalue weighted by Crippen LogP contribution is 2.16. The molecule has 1 aromatic rings. The van der Waals surface area contributed by atoms with Gasteiger partial charge in [-0.2, -0.15) is 4.31 Å². The molecule has 8 heteroatoms. The normalized spacial score (nSPS) is 17.9. The molecule has 110 valence electrons. The van der Waals surface area contributed by atoms with Crippen molar-refractivity contribution in [3.8, 4) is 0 Å². The Hall–Kier alpha value is -1.51. The first-order chi connectivity index (χ1) is 9.45. The maximum Gasteiger partial charge on any atom is 0.338 e. The SMILES string of the molecule is COC(=O)c1ccnc(S(=O)(=O)N2CCN(C)CC2)c1. The quantitative estimate of drug-likeness (QED) is 0.719. The number of piperazine rings is 1. The van der Waals surface area contributed by atoms with E-state index in [0.29, 0.717) is 26.2 Å². The summed E-state index contributed by atoms with van der Waals surface area (Å²) in [5.74, 6) is -0.581. The summed E-state index contributed by atoms with van der Waals surface area (Å²) >= 11 is 0. The second kappa shape index (κ2) is 5.86. The van der Waals surface area contributed by atoms with E-state index in [-0.39, 0.29) is 10.6 Å². The molecule has 0 aromatic carbocycles. The van der Waals surface area contributed by atoms with Crippen LogP contribution in [-0.2, 0) is 14.8 Å². The molecule has 0 radical (unpaired) electrons. The first-order valence-corrected chi connectivity index (χ1v) is 7.62. The first kappa shape index (κ1) is 14.9. The van der Waals surface area contributed by atoms with Crippen molar-refractivity contribution in [2.45, 2.75) is 5.03 Å². The van der Waals surface area contributed by atoms with Gasteiger partial charge < -0.3 is 9.64 Å². The van der Waals surface area contributed by atoms with E-state index in [1.54, 1.807) is 0 Å². The van der Waals surface area contributed by atoms with Crippen molar-refractivity contribution in [2.24, 2.45) is 0 Å². The number of esters is 1. The van der Waals surface area contributed by atoms with Gasteiger partial charge in [0.1, 0.15) is 0 Å². The third-order valence-electron chi connectivity index (χ3n) is 3.22. The lowest BCUT2D eigenvalue weighted by molar-refractivity contribution is 0.0600. The largest absolute Gasteiger partial charge is 0.465 e. The Morgan fingerprint density at radius 2 is 1.95 bits per heavy atom. The lowest BCUT2D eigenvalue weighted by atomic mass is 10.3. The van der Waals surface area contributed by atoms with E-state index in [1.165, 1.54) is 29.7 Å². The number of ether oxygens (including phenoxy) is 1. The summed E-state index contributed by atoms with van der Waals surface area (Å²) in [5, 5.41) is -0.120. The van der Waals surface area contributed by atoms with E-state index >= 15 is 0 Å². The van der Waals surface area contributed by atoms with Crippen LogP contribution in [0, 0.1) is 0 Å². The lowest BCUT2D eigenvalue weighted by Gasteiger charge is -2.31. The summed E-state index contributed by atoms with van der Waals surface area (Å²) in [7, 11) is -0.470. The van der Waals surface area contributed by atoms with Gasteiger partial charge in [0.05, 0.1) is 12.7 Å². The lowest BCUT2D eigenvalue weighted by Crippen LogP contribution is -2.47. The zero-order chi connectivity index (χ0) is 14.8. The smallest absolute Gasteiger partial charge is 0.338 e. The summed E-state index contributed by atoms with van der Waals surface area (Å²) < 4.78 is 30.9. The molecule has 1 aliphatic heterocycles. The molecule has 7 nitrogen and oxygen atoms in total. The fourth-order valence-corrected chi connectivity index (χ4v) is 3.33. The van der Waals surface area contributed by atoms with Gasteiger partial charge in [-0.05, 0) is 19.2 Å². The van der Waals surface area contributed by atoms with Crippen molar-refractivity contribution in [3.05, 3.63) is 23.9 Å². The number of hydrogen-bond donors (Lipinski definition) is 0. The number of hydrogen-bond acceptors (Lipinski definition) is 6. The van der Waals surface area contributed by atoms with Gasteiger partial charge in [-0.1, -0.05) is 0 Å². The van der Waals surface area contributed by atoms with Crippen molar-refractivity contribution in [1.29, 1.82) is 0 Å². The van der Waals surface area contributed by atoms with E-state index in [9.17, 15) is 13.2 Å². The molecule has 2 heterocycles. The minimum Gasteiger partial charge on any atom is -0.465 e. The molecular weight excluding hydrogens is 282 g/mol. The van der Waals surface area contributed by atoms with Crippen LogP contribution in [0.3, 0.4) is 0 Å². The molecular formula is C12H17N3O4S. The van der Waals surface area contributed by atoms with Gasteiger partial charge >= 0.3 is 5.97 Å². The molecule has 0 atom stereocenters. The second-order valence-electron chi connectivity index (χ2n) is 4.58. The van der Waals surface area contributed by atoms with Crippen LogP contribution in [0.15, 0.2) is 23.4 Å². The molecule has 0 bridgehead atoms. The Morgan fingerprint density at radius 3 is 2.55 bits per heavy atom. The van der Waals surface area contributed by atoms with Crippen LogP contribution in [0.4, 0.5) is 0 Å². The van der Waals surface area contributed by atoms with E-state index in [0.717, 1.165) is 0 Å². The Labute approximate surface area is 118 Å². The van der Waals surface area contributed by atoms with Crippen LogP contribution < -0.4 is 0 Å². The van der Waals surface area contributed by atoms with Gasteiger partial charge in [-0.3, -0.25) is 0 Å². The van der Waals surface area contributed by atoms with Gasteiger partial charge in [-0.25, -0.2) is 18.2 Å². The van der Waals surface area contributed by atoms with Gasteiger partial charge in [0.15, 0.2) is 5.03 Å². The number of pyridine rings is 1. The van der Waals surface area contributed by atoms with Crippen molar-refractivity contribution < 1.29 is 17.9 Å². The zero-order valence-electron chi connectivity index (χ0n) is 11.4. The standard InChI is InChI=1S/C12H17N3O4S/c1-14-5-7-15(8-6-14)20(17,18)11-9-10(3-4-13-11)12(16)19-2/h3-4,9H,5-8H2,1-2H3. The number of carbonyl (C=O) groups excluding carboxylic acids is 1. The van der Waals surface area contributed by atoms with Crippen molar-refractivity contribution in [2.75, 3.05) is 40.3 Å². The molecule has 0 amide bonds. The monoisotopic (exact) mass is 299 g/mol. The molecule has 1 saturated heterocycles. The highest BCUT2D eigenvalue weighted by molar-refractivity contribution is 7.89. The summed E-state index contributed by atoms with van der Waals surface area (Å²) in [6.45, 7) is 2.19. The van der Waals surface area contributed by atoms with Gasteiger partial charge in [0.25, 0.3) is 10.0 Å². The number of nitrogens with zero attached hydrogens (tertiary/aromatic N) is 3. The van der Waals surface area contributed by atoms with Gasteiger partial charge in [0, 0.05) is 32.4 Å². The summed E-state index contributed by atoms with van der Waals surface area (Å²) in [6.07, 6.45) is 1.30. The summed E-state index contributed by atoms with van der Waals surface area (Å²) in [5.41, 5.74) is 0.176. The molecule has 0 N–H and O–H groups in total. The van der Waals surface area contributed by atoms with E-state index in [2.05, 4.69) is 14.6 Å². The number of likely N-dealkylation sites (N-methyl/N-ethyl adjacent to an activating group) is 1. The van der Waals surface area contributed by atoms with Crippen LogP contribution >= 0.6 is 0 Å². The number of sulfonamides is 1. The topological polar surface area (TPSA) is 79.8 Å². The summed E-state index contributed by atoms with van der Waals surface area (Å²) in [4.78, 5) is 17.4. The number of carbonyl (C=O) groups is 1. The van der Waals surface area contributed by atoms with E-state index in [4.69, 9.17) is 0 Å². The molecule has 0 unspecified atom stereocenters. The van der Waals surface area contributed by atoms with Gasteiger partial charge in [0.2, 0.25) is 0 Å². The fourth-order valence-electron chi connectivity index (χ4n) is 1.96.